The molecule has 1 heterocycles. The molecule has 0 amide bonds. The average Bonchev–Trinajstić information content (AvgIpc) is 3.54. The zero-order valence-electron chi connectivity index (χ0n) is 25.2. The van der Waals surface area contributed by atoms with Gasteiger partial charge >= 0.3 is 272 Å². The molecule has 1 unspecified atom stereocenters. The van der Waals surface area contributed by atoms with Crippen LogP contribution < -0.4 is 13.6 Å². The summed E-state index contributed by atoms with van der Waals surface area (Å²) in [5.41, 5.74) is 14.4. The summed E-state index contributed by atoms with van der Waals surface area (Å²) in [4.78, 5) is 0. The van der Waals surface area contributed by atoms with E-state index in [9.17, 15) is 0 Å². The van der Waals surface area contributed by atoms with Crippen molar-refractivity contribution in [2.45, 2.75) is 37.7 Å². The predicted octanol–water partition coefficient (Wildman–Crippen LogP) is 9.01. The number of rotatable bonds is 6. The fourth-order valence-corrected chi connectivity index (χ4v) is 24.3. The Bertz CT molecular complexity index is 1880. The molecule has 0 spiro atoms. The molecule has 5 aromatic rings. The summed E-state index contributed by atoms with van der Waals surface area (Å²) in [6, 6.07) is 38.1. The maximum absolute atomic E-state index is 7.96. The number of hydrogen-bond acceptors (Lipinski definition) is 0. The van der Waals surface area contributed by atoms with Crippen LogP contribution in [0.2, 0.25) is 0 Å². The Kier molecular flexibility index (Phi) is 7.80. The van der Waals surface area contributed by atoms with Crippen molar-refractivity contribution in [3.63, 3.8) is 0 Å². The van der Waals surface area contributed by atoms with E-state index in [1.54, 1.807) is 0 Å². The molecular weight excluding hydrogens is 659 g/mol. The number of halogens is 2. The Morgan fingerprint density at radius 1 is 0.721 bits per heavy atom. The van der Waals surface area contributed by atoms with E-state index in [1.165, 1.54) is 74.9 Å². The van der Waals surface area contributed by atoms with Gasteiger partial charge in [-0.1, -0.05) is 0 Å². The van der Waals surface area contributed by atoms with Gasteiger partial charge in [0.1, 0.15) is 0 Å². The Morgan fingerprint density at radius 2 is 1.42 bits per heavy atom. The summed E-state index contributed by atoms with van der Waals surface area (Å²) in [7, 11) is 15.3. The molecule has 4 heteroatoms. The van der Waals surface area contributed by atoms with Crippen molar-refractivity contribution in [3.05, 3.63) is 131 Å². The van der Waals surface area contributed by atoms with Crippen LogP contribution in [0.5, 0.6) is 0 Å². The van der Waals surface area contributed by atoms with Crippen LogP contribution in [0.4, 0.5) is 0 Å². The SMILES string of the molecule is Cc1cc(C)cc(-c2c(-c3ccccc3)ccc3c2C=C(CC(C)C)[CH]3[Zr]([Cl])([Cl])[c]2cccc3c2[SiH2]c2ccccc2-3)c1. The summed E-state index contributed by atoms with van der Waals surface area (Å²) in [6.45, 7) is 9.01. The van der Waals surface area contributed by atoms with E-state index in [0.717, 1.165) is 6.42 Å². The molecule has 0 fully saturated rings. The molecule has 0 nitrogen and oxygen atoms in total. The number of fused-ring (bicyclic) bond motifs is 4. The zero-order valence-corrected chi connectivity index (χ0v) is 30.6. The summed E-state index contributed by atoms with van der Waals surface area (Å²) in [5.74, 6) is 0.511. The molecule has 2 aliphatic rings. The van der Waals surface area contributed by atoms with Crippen LogP contribution in [-0.2, 0) is 17.9 Å². The van der Waals surface area contributed by atoms with E-state index in [1.807, 2.05) is 0 Å². The molecule has 1 aliphatic heterocycles. The molecule has 0 radical (unpaired) electrons. The standard InChI is InChI=1S/C27H27.C12H9Si.2ClH.Zr/c1-18(2)12-21-16-23-10-11-25(22-8-6-5-7-9-22)27(26(23)17-21)24-14-19(3)13-20(4)15-24;1-3-7-11-9(5-1)10-6-2-4-8-12(10)13-11;;;/h5-11,13-18H,12H2,1-4H3;1-7H,13H2;2*1H;/q;;;;+2/p-2. The first-order valence-electron chi connectivity index (χ1n) is 15.3. The second kappa shape index (κ2) is 11.5. The minimum absolute atomic E-state index is 0.0775. The van der Waals surface area contributed by atoms with Crippen molar-refractivity contribution in [1.29, 1.82) is 0 Å². The van der Waals surface area contributed by atoms with Crippen molar-refractivity contribution in [3.8, 4) is 33.4 Å². The van der Waals surface area contributed by atoms with Crippen molar-refractivity contribution >= 4 is 46.3 Å². The van der Waals surface area contributed by atoms with Crippen molar-refractivity contribution < 1.29 is 17.9 Å². The molecule has 1 aliphatic carbocycles. The molecular formula is C39H36Cl2SiZr. The number of aryl methyl sites for hydroxylation is 2. The van der Waals surface area contributed by atoms with E-state index in [-0.39, 0.29) is 3.63 Å². The van der Waals surface area contributed by atoms with Crippen molar-refractivity contribution in [2.75, 3.05) is 0 Å². The second-order valence-electron chi connectivity index (χ2n) is 12.8. The molecule has 0 N–H and O–H groups in total. The van der Waals surface area contributed by atoms with Gasteiger partial charge in [-0.05, 0) is 0 Å². The molecule has 7 rings (SSSR count). The van der Waals surface area contributed by atoms with Crippen LogP contribution in [0.3, 0.4) is 0 Å². The third-order valence-electron chi connectivity index (χ3n) is 9.10. The summed E-state index contributed by atoms with van der Waals surface area (Å²) in [5, 5.41) is 2.99. The third-order valence-corrected chi connectivity index (χ3v) is 23.5. The Morgan fingerprint density at radius 3 is 2.16 bits per heavy atom. The van der Waals surface area contributed by atoms with Crippen LogP contribution in [0.1, 0.15) is 46.1 Å². The summed E-state index contributed by atoms with van der Waals surface area (Å²) < 4.78 is 1.37. The van der Waals surface area contributed by atoms with Crippen LogP contribution >= 0.6 is 17.0 Å². The summed E-state index contributed by atoms with van der Waals surface area (Å²) >= 11 is -4.06. The number of allylic oxidation sites excluding steroid dienone is 1. The van der Waals surface area contributed by atoms with Gasteiger partial charge in [-0.3, -0.25) is 0 Å². The minimum atomic E-state index is -4.06. The van der Waals surface area contributed by atoms with Gasteiger partial charge in [-0.15, -0.1) is 0 Å². The van der Waals surface area contributed by atoms with Crippen molar-refractivity contribution in [2.24, 2.45) is 5.92 Å². The Hall–Kier alpha value is -2.48. The molecule has 1 atom stereocenters. The van der Waals surface area contributed by atoms with Gasteiger partial charge in [-0.25, -0.2) is 0 Å². The van der Waals surface area contributed by atoms with Gasteiger partial charge in [0.05, 0.1) is 0 Å². The molecule has 43 heavy (non-hydrogen) atoms. The molecule has 0 aromatic heterocycles. The number of benzene rings is 5. The van der Waals surface area contributed by atoms with E-state index in [4.69, 9.17) is 17.0 Å². The van der Waals surface area contributed by atoms with E-state index in [2.05, 4.69) is 137 Å². The van der Waals surface area contributed by atoms with Gasteiger partial charge in [0.25, 0.3) is 0 Å². The fraction of sp³-hybridized carbons (Fsp3) is 0.179. The van der Waals surface area contributed by atoms with Crippen molar-refractivity contribution in [1.82, 2.24) is 0 Å². The monoisotopic (exact) mass is 692 g/mol. The second-order valence-corrected chi connectivity index (χ2v) is 28.6. The van der Waals surface area contributed by atoms with Crippen LogP contribution in [0.25, 0.3) is 39.5 Å². The molecule has 5 aromatic carbocycles. The summed E-state index contributed by atoms with van der Waals surface area (Å²) in [6.07, 6.45) is 3.47. The van der Waals surface area contributed by atoms with Crippen LogP contribution in [0.15, 0.2) is 109 Å². The van der Waals surface area contributed by atoms with E-state index < -0.39 is 27.4 Å². The van der Waals surface area contributed by atoms with Crippen LogP contribution in [0, 0.1) is 19.8 Å². The first kappa shape index (κ1) is 29.2. The van der Waals surface area contributed by atoms with Gasteiger partial charge in [-0.2, -0.15) is 0 Å². The van der Waals surface area contributed by atoms with Gasteiger partial charge in [0.15, 0.2) is 0 Å². The quantitative estimate of drug-likeness (QED) is 0.153. The first-order chi connectivity index (χ1) is 20.7. The van der Waals surface area contributed by atoms with Gasteiger partial charge < -0.3 is 0 Å². The molecule has 0 saturated heterocycles. The topological polar surface area (TPSA) is 0 Å². The van der Waals surface area contributed by atoms with Gasteiger partial charge in [0.2, 0.25) is 0 Å². The zero-order chi connectivity index (χ0) is 29.9. The van der Waals surface area contributed by atoms with E-state index >= 15 is 0 Å². The van der Waals surface area contributed by atoms with Crippen LogP contribution in [-0.4, -0.2) is 9.52 Å². The third kappa shape index (κ3) is 5.19. The first-order valence-corrected chi connectivity index (χ1v) is 25.7. The average molecular weight is 695 g/mol. The maximum atomic E-state index is 7.96. The van der Waals surface area contributed by atoms with Gasteiger partial charge in [0, 0.05) is 0 Å². The fourth-order valence-electron chi connectivity index (χ4n) is 7.50. The predicted molar refractivity (Wildman–Crippen MR) is 188 cm³/mol. The van der Waals surface area contributed by atoms with E-state index in [0.29, 0.717) is 5.92 Å². The molecule has 0 saturated carbocycles. The Balaban J connectivity index is 1.46. The number of hydrogen-bond donors (Lipinski definition) is 0. The molecule has 0 bridgehead atoms. The normalized spacial score (nSPS) is 15.9. The molecule has 214 valence electrons. The Labute approximate surface area is 270 Å².